The summed E-state index contributed by atoms with van der Waals surface area (Å²) in [5.41, 5.74) is 5.52. The summed E-state index contributed by atoms with van der Waals surface area (Å²) in [5.74, 6) is -3.32. The molecule has 0 saturated carbocycles. The zero-order valence-electron chi connectivity index (χ0n) is 14.7. The number of carbonyl (C=O) groups is 4. The minimum absolute atomic E-state index is 0.228. The summed E-state index contributed by atoms with van der Waals surface area (Å²) in [5, 5.41) is 32.4. The number of nitrogens with zero attached hydrogens (tertiary/aromatic N) is 1. The highest BCUT2D eigenvalue weighted by Crippen LogP contribution is 2.19. The molecule has 0 aromatic heterocycles. The van der Waals surface area contributed by atoms with Gasteiger partial charge in [0.1, 0.15) is 24.7 Å². The van der Waals surface area contributed by atoms with E-state index in [4.69, 9.17) is 10.8 Å². The van der Waals surface area contributed by atoms with Gasteiger partial charge in [0.25, 0.3) is 0 Å². The Morgan fingerprint density at radius 2 is 1.81 bits per heavy atom. The average molecular weight is 374 g/mol. The monoisotopic (exact) mass is 374 g/mol. The highest BCUT2D eigenvalue weighted by molar-refractivity contribution is 5.94. The number of hydrogen-bond donors (Lipinski definition) is 6. The molecule has 148 valence electrons. The van der Waals surface area contributed by atoms with Crippen molar-refractivity contribution < 1.29 is 34.5 Å². The van der Waals surface area contributed by atoms with E-state index in [1.165, 1.54) is 18.7 Å². The minimum atomic E-state index is -1.35. The van der Waals surface area contributed by atoms with Gasteiger partial charge < -0.3 is 36.6 Å². The molecule has 1 rings (SSSR count). The predicted octanol–water partition coefficient (Wildman–Crippen LogP) is -3.25. The van der Waals surface area contributed by atoms with Crippen LogP contribution in [-0.2, 0) is 19.2 Å². The van der Waals surface area contributed by atoms with Crippen molar-refractivity contribution in [2.24, 2.45) is 5.73 Å². The molecule has 11 heteroatoms. The van der Waals surface area contributed by atoms with E-state index < -0.39 is 60.6 Å². The number of rotatable bonds is 8. The Morgan fingerprint density at radius 3 is 2.31 bits per heavy atom. The lowest BCUT2D eigenvalue weighted by molar-refractivity contribution is -0.145. The first kappa shape index (κ1) is 21.8. The van der Waals surface area contributed by atoms with E-state index in [0.29, 0.717) is 12.8 Å². The predicted molar refractivity (Wildman–Crippen MR) is 88.6 cm³/mol. The lowest BCUT2D eigenvalue weighted by Gasteiger charge is -2.30. The molecule has 0 radical (unpaired) electrons. The number of hydrogen-bond acceptors (Lipinski definition) is 7. The topological polar surface area (TPSA) is 182 Å². The Morgan fingerprint density at radius 1 is 1.19 bits per heavy atom. The van der Waals surface area contributed by atoms with Crippen molar-refractivity contribution in [2.75, 3.05) is 13.1 Å². The summed E-state index contributed by atoms with van der Waals surface area (Å²) in [4.78, 5) is 48.6. The van der Waals surface area contributed by atoms with Crippen molar-refractivity contribution in [2.45, 2.75) is 57.0 Å². The second-order valence-electron chi connectivity index (χ2n) is 6.29. The van der Waals surface area contributed by atoms with Crippen LogP contribution < -0.4 is 16.4 Å². The Balaban J connectivity index is 2.85. The van der Waals surface area contributed by atoms with E-state index >= 15 is 0 Å². The van der Waals surface area contributed by atoms with Crippen molar-refractivity contribution in [3.05, 3.63) is 0 Å². The number of aliphatic carboxylic acids is 1. The van der Waals surface area contributed by atoms with E-state index in [2.05, 4.69) is 10.6 Å². The van der Waals surface area contributed by atoms with Crippen LogP contribution in [-0.4, -0.2) is 87.3 Å². The van der Waals surface area contributed by atoms with Gasteiger partial charge >= 0.3 is 5.97 Å². The molecular formula is C15H26N4O7. The van der Waals surface area contributed by atoms with Gasteiger partial charge in [0.2, 0.25) is 17.7 Å². The molecule has 1 heterocycles. The van der Waals surface area contributed by atoms with Crippen LogP contribution in [0.5, 0.6) is 0 Å². The molecule has 0 spiro atoms. The van der Waals surface area contributed by atoms with Crippen molar-refractivity contribution in [1.29, 1.82) is 0 Å². The lowest BCUT2D eigenvalue weighted by atomic mass is 10.1. The van der Waals surface area contributed by atoms with E-state index in [1.54, 1.807) is 0 Å². The van der Waals surface area contributed by atoms with E-state index in [0.717, 1.165) is 0 Å². The molecule has 1 fully saturated rings. The van der Waals surface area contributed by atoms with Gasteiger partial charge in [0.15, 0.2) is 0 Å². The summed E-state index contributed by atoms with van der Waals surface area (Å²) >= 11 is 0. The number of carboxylic acid groups (broad SMARTS) is 1. The normalized spacial score (nSPS) is 21.4. The molecule has 1 saturated heterocycles. The van der Waals surface area contributed by atoms with Gasteiger partial charge in [0, 0.05) is 6.54 Å². The van der Waals surface area contributed by atoms with Gasteiger partial charge in [-0.05, 0) is 26.7 Å². The third-order valence-corrected chi connectivity index (χ3v) is 4.12. The first-order valence-corrected chi connectivity index (χ1v) is 8.28. The first-order chi connectivity index (χ1) is 12.1. The number of likely N-dealkylation sites (tertiary alicyclic amines) is 1. The van der Waals surface area contributed by atoms with E-state index in [9.17, 15) is 29.4 Å². The maximum absolute atomic E-state index is 12.7. The highest BCUT2D eigenvalue weighted by atomic mass is 16.4. The Labute approximate surface area is 150 Å². The van der Waals surface area contributed by atoms with Gasteiger partial charge in [-0.1, -0.05) is 0 Å². The summed E-state index contributed by atoms with van der Waals surface area (Å²) in [6, 6.07) is -3.51. The van der Waals surface area contributed by atoms with Gasteiger partial charge in [-0.25, -0.2) is 0 Å². The standard InChI is InChI=1S/C15H26N4O7/c1-7(20)11(16)14(25)18-12(8(2)21)15(26)19-5-3-4-9(19)13(24)17-6-10(22)23/h7-9,11-12,20-21H,3-6,16H2,1-2H3,(H,17,24)(H,18,25)(H,22,23). The largest absolute Gasteiger partial charge is 0.480 e. The van der Waals surface area contributed by atoms with Crippen LogP contribution in [0.4, 0.5) is 0 Å². The van der Waals surface area contributed by atoms with E-state index in [-0.39, 0.29) is 6.54 Å². The molecule has 0 aliphatic carbocycles. The molecule has 5 atom stereocenters. The Hall–Kier alpha value is -2.24. The van der Waals surface area contributed by atoms with Crippen LogP contribution in [0.1, 0.15) is 26.7 Å². The number of aliphatic hydroxyl groups excluding tert-OH is 2. The summed E-state index contributed by atoms with van der Waals surface area (Å²) < 4.78 is 0. The smallest absolute Gasteiger partial charge is 0.322 e. The van der Waals surface area contributed by atoms with Crippen LogP contribution in [0.25, 0.3) is 0 Å². The van der Waals surface area contributed by atoms with Crippen molar-refractivity contribution in [1.82, 2.24) is 15.5 Å². The molecule has 1 aliphatic rings. The molecular weight excluding hydrogens is 348 g/mol. The Kier molecular flexibility index (Phi) is 7.93. The zero-order valence-corrected chi connectivity index (χ0v) is 14.7. The summed E-state index contributed by atoms with van der Waals surface area (Å²) in [6.07, 6.45) is -1.56. The second-order valence-corrected chi connectivity index (χ2v) is 6.29. The molecule has 5 unspecified atom stereocenters. The number of aliphatic hydroxyl groups is 2. The molecule has 26 heavy (non-hydrogen) atoms. The third-order valence-electron chi connectivity index (χ3n) is 4.12. The van der Waals surface area contributed by atoms with E-state index in [1.807, 2.05) is 0 Å². The van der Waals surface area contributed by atoms with Gasteiger partial charge in [-0.15, -0.1) is 0 Å². The van der Waals surface area contributed by atoms with Crippen LogP contribution in [0.2, 0.25) is 0 Å². The summed E-state index contributed by atoms with van der Waals surface area (Å²) in [6.45, 7) is 2.27. The first-order valence-electron chi connectivity index (χ1n) is 8.28. The van der Waals surface area contributed by atoms with Crippen LogP contribution in [0.3, 0.4) is 0 Å². The summed E-state index contributed by atoms with van der Waals surface area (Å²) in [7, 11) is 0. The SMILES string of the molecule is CC(O)C(N)C(=O)NC(C(=O)N1CCCC1C(=O)NCC(=O)O)C(C)O. The number of nitrogens with one attached hydrogen (secondary N) is 2. The van der Waals surface area contributed by atoms with Crippen LogP contribution >= 0.6 is 0 Å². The minimum Gasteiger partial charge on any atom is -0.480 e. The van der Waals surface area contributed by atoms with Crippen molar-refractivity contribution in [3.8, 4) is 0 Å². The van der Waals surface area contributed by atoms with Gasteiger partial charge in [0.05, 0.1) is 12.2 Å². The van der Waals surface area contributed by atoms with Gasteiger partial charge in [-0.3, -0.25) is 19.2 Å². The zero-order chi connectivity index (χ0) is 20.0. The highest BCUT2D eigenvalue weighted by Gasteiger charge is 2.39. The maximum Gasteiger partial charge on any atom is 0.322 e. The number of carboxylic acids is 1. The molecule has 0 bridgehead atoms. The average Bonchev–Trinajstić information content (AvgIpc) is 3.05. The number of nitrogens with two attached hydrogens (primary N) is 1. The van der Waals surface area contributed by atoms with Crippen molar-refractivity contribution in [3.63, 3.8) is 0 Å². The second kappa shape index (κ2) is 9.46. The molecule has 11 nitrogen and oxygen atoms in total. The fourth-order valence-corrected chi connectivity index (χ4v) is 2.62. The molecule has 1 aliphatic heterocycles. The fourth-order valence-electron chi connectivity index (χ4n) is 2.62. The Bertz CT molecular complexity index is 552. The lowest BCUT2D eigenvalue weighted by Crippen LogP contribution is -2.60. The van der Waals surface area contributed by atoms with Gasteiger partial charge in [-0.2, -0.15) is 0 Å². The quantitative estimate of drug-likeness (QED) is 0.256. The number of amides is 3. The molecule has 0 aromatic carbocycles. The van der Waals surface area contributed by atoms with Crippen molar-refractivity contribution >= 4 is 23.7 Å². The maximum atomic E-state index is 12.7. The van der Waals surface area contributed by atoms with Crippen LogP contribution in [0, 0.1) is 0 Å². The third kappa shape index (κ3) is 5.64. The molecule has 3 amide bonds. The fraction of sp³-hybridized carbons (Fsp3) is 0.733. The van der Waals surface area contributed by atoms with Crippen LogP contribution in [0.15, 0.2) is 0 Å². The molecule has 7 N–H and O–H groups in total. The number of carbonyl (C=O) groups excluding carboxylic acids is 3. The molecule has 0 aromatic rings.